The molecule has 1 aliphatic rings. The van der Waals surface area contributed by atoms with Crippen molar-refractivity contribution in [3.8, 4) is 0 Å². The van der Waals surface area contributed by atoms with Crippen LogP contribution in [0.2, 0.25) is 0 Å². The van der Waals surface area contributed by atoms with Crippen molar-refractivity contribution in [1.29, 1.82) is 0 Å². The molecule has 3 atom stereocenters. The van der Waals surface area contributed by atoms with Crippen molar-refractivity contribution in [2.75, 3.05) is 6.54 Å². The number of rotatable bonds is 4. The van der Waals surface area contributed by atoms with Crippen molar-refractivity contribution in [3.05, 3.63) is 0 Å². The summed E-state index contributed by atoms with van der Waals surface area (Å²) in [5, 5.41) is 14.5. The molecule has 0 aromatic rings. The second-order valence-electron chi connectivity index (χ2n) is 4.44. The predicted molar refractivity (Wildman–Crippen MR) is 60.0 cm³/mol. The Balaban J connectivity index is 2.47. The van der Waals surface area contributed by atoms with Crippen LogP contribution in [0.3, 0.4) is 0 Å². The SMILES string of the molecule is CC[C@H](NC(=O)C1CC(C)CCN1)C(=O)O. The van der Waals surface area contributed by atoms with Crippen LogP contribution in [0.4, 0.5) is 0 Å². The van der Waals surface area contributed by atoms with Gasteiger partial charge in [-0.25, -0.2) is 4.79 Å². The average Bonchev–Trinajstić information content (AvgIpc) is 2.25. The second-order valence-corrected chi connectivity index (χ2v) is 4.44. The third-order valence-electron chi connectivity index (χ3n) is 3.01. The van der Waals surface area contributed by atoms with Crippen molar-refractivity contribution in [3.63, 3.8) is 0 Å². The molecule has 5 heteroatoms. The number of carbonyl (C=O) groups is 2. The molecule has 92 valence electrons. The molecule has 3 N–H and O–H groups in total. The maximum atomic E-state index is 11.8. The third-order valence-corrected chi connectivity index (χ3v) is 3.01. The molecular formula is C11H20N2O3. The summed E-state index contributed by atoms with van der Waals surface area (Å²) in [5.74, 6) is -0.651. The summed E-state index contributed by atoms with van der Waals surface area (Å²) in [5.41, 5.74) is 0. The molecule has 0 spiro atoms. The highest BCUT2D eigenvalue weighted by atomic mass is 16.4. The van der Waals surface area contributed by atoms with Crippen LogP contribution < -0.4 is 10.6 Å². The molecule has 0 aromatic carbocycles. The minimum Gasteiger partial charge on any atom is -0.480 e. The molecule has 1 amide bonds. The van der Waals surface area contributed by atoms with Crippen molar-refractivity contribution >= 4 is 11.9 Å². The lowest BCUT2D eigenvalue weighted by molar-refractivity contribution is -0.142. The molecule has 0 saturated carbocycles. The highest BCUT2D eigenvalue weighted by Crippen LogP contribution is 2.15. The lowest BCUT2D eigenvalue weighted by Gasteiger charge is -2.28. The number of carboxylic acids is 1. The molecule has 0 aliphatic carbocycles. The summed E-state index contributed by atoms with van der Waals surface area (Å²) in [6.45, 7) is 4.68. The molecule has 1 rings (SSSR count). The van der Waals surface area contributed by atoms with Crippen LogP contribution in [0.1, 0.15) is 33.1 Å². The van der Waals surface area contributed by atoms with E-state index in [-0.39, 0.29) is 11.9 Å². The third kappa shape index (κ3) is 3.48. The Hall–Kier alpha value is -1.10. The van der Waals surface area contributed by atoms with Crippen LogP contribution in [0.15, 0.2) is 0 Å². The first kappa shape index (κ1) is 13.0. The van der Waals surface area contributed by atoms with Crippen LogP contribution >= 0.6 is 0 Å². The van der Waals surface area contributed by atoms with Gasteiger partial charge in [0, 0.05) is 0 Å². The zero-order valence-electron chi connectivity index (χ0n) is 9.82. The summed E-state index contributed by atoms with van der Waals surface area (Å²) in [4.78, 5) is 22.6. The fraction of sp³-hybridized carbons (Fsp3) is 0.818. The number of amides is 1. The van der Waals surface area contributed by atoms with E-state index in [0.717, 1.165) is 19.4 Å². The minimum absolute atomic E-state index is 0.194. The lowest BCUT2D eigenvalue weighted by Crippen LogP contribution is -2.52. The number of hydrogen-bond donors (Lipinski definition) is 3. The number of carboxylic acid groups (broad SMARTS) is 1. The Labute approximate surface area is 95.6 Å². The molecule has 16 heavy (non-hydrogen) atoms. The van der Waals surface area contributed by atoms with E-state index in [1.165, 1.54) is 0 Å². The highest BCUT2D eigenvalue weighted by molar-refractivity contribution is 5.86. The van der Waals surface area contributed by atoms with Crippen LogP contribution in [0, 0.1) is 5.92 Å². The van der Waals surface area contributed by atoms with Crippen LogP contribution in [-0.4, -0.2) is 35.6 Å². The number of piperidine rings is 1. The Morgan fingerprint density at radius 1 is 1.56 bits per heavy atom. The molecule has 5 nitrogen and oxygen atoms in total. The zero-order chi connectivity index (χ0) is 12.1. The van der Waals surface area contributed by atoms with E-state index < -0.39 is 12.0 Å². The van der Waals surface area contributed by atoms with Gasteiger partial charge in [-0.3, -0.25) is 4.79 Å². The van der Waals surface area contributed by atoms with Gasteiger partial charge in [0.15, 0.2) is 0 Å². The average molecular weight is 228 g/mol. The quantitative estimate of drug-likeness (QED) is 0.649. The van der Waals surface area contributed by atoms with E-state index in [2.05, 4.69) is 17.6 Å². The predicted octanol–water partition coefficient (Wildman–Crippen LogP) is 0.354. The fourth-order valence-electron chi connectivity index (χ4n) is 1.92. The lowest BCUT2D eigenvalue weighted by atomic mass is 9.94. The maximum Gasteiger partial charge on any atom is 0.326 e. The first-order chi connectivity index (χ1) is 7.54. The Morgan fingerprint density at radius 2 is 2.25 bits per heavy atom. The van der Waals surface area contributed by atoms with Gasteiger partial charge in [-0.15, -0.1) is 0 Å². The van der Waals surface area contributed by atoms with Crippen LogP contribution in [0.5, 0.6) is 0 Å². The highest BCUT2D eigenvalue weighted by Gasteiger charge is 2.27. The van der Waals surface area contributed by atoms with Crippen molar-refractivity contribution in [2.24, 2.45) is 5.92 Å². The van der Waals surface area contributed by atoms with E-state index >= 15 is 0 Å². The van der Waals surface area contributed by atoms with E-state index in [4.69, 9.17) is 5.11 Å². The van der Waals surface area contributed by atoms with Gasteiger partial charge in [0.1, 0.15) is 6.04 Å². The number of nitrogens with one attached hydrogen (secondary N) is 2. The smallest absolute Gasteiger partial charge is 0.326 e. The van der Waals surface area contributed by atoms with E-state index in [1.54, 1.807) is 6.92 Å². The first-order valence-corrected chi connectivity index (χ1v) is 5.81. The molecule has 1 heterocycles. The van der Waals surface area contributed by atoms with Gasteiger partial charge in [0.25, 0.3) is 0 Å². The molecular weight excluding hydrogens is 208 g/mol. The van der Waals surface area contributed by atoms with Gasteiger partial charge >= 0.3 is 5.97 Å². The molecule has 0 aromatic heterocycles. The topological polar surface area (TPSA) is 78.4 Å². The van der Waals surface area contributed by atoms with Gasteiger partial charge in [-0.05, 0) is 31.7 Å². The van der Waals surface area contributed by atoms with Gasteiger partial charge in [-0.1, -0.05) is 13.8 Å². The summed E-state index contributed by atoms with van der Waals surface area (Å²) in [6.07, 6.45) is 2.26. The molecule has 1 saturated heterocycles. The Kier molecular flexibility index (Phi) is 4.73. The van der Waals surface area contributed by atoms with Gasteiger partial charge < -0.3 is 15.7 Å². The summed E-state index contributed by atoms with van der Waals surface area (Å²) in [7, 11) is 0. The molecule has 1 aliphatic heterocycles. The van der Waals surface area contributed by atoms with Crippen LogP contribution in [0.25, 0.3) is 0 Å². The largest absolute Gasteiger partial charge is 0.480 e. The normalized spacial score (nSPS) is 27.1. The summed E-state index contributed by atoms with van der Waals surface area (Å²) >= 11 is 0. The monoisotopic (exact) mass is 228 g/mol. The zero-order valence-corrected chi connectivity index (χ0v) is 9.82. The molecule has 0 radical (unpaired) electrons. The van der Waals surface area contributed by atoms with Crippen molar-refractivity contribution in [1.82, 2.24) is 10.6 Å². The maximum absolute atomic E-state index is 11.8. The fourth-order valence-corrected chi connectivity index (χ4v) is 1.92. The van der Waals surface area contributed by atoms with Gasteiger partial charge in [-0.2, -0.15) is 0 Å². The van der Waals surface area contributed by atoms with E-state index in [9.17, 15) is 9.59 Å². The summed E-state index contributed by atoms with van der Waals surface area (Å²) in [6, 6.07) is -1.01. The Morgan fingerprint density at radius 3 is 2.75 bits per heavy atom. The molecule has 1 fully saturated rings. The number of hydrogen-bond acceptors (Lipinski definition) is 3. The van der Waals surface area contributed by atoms with E-state index in [0.29, 0.717) is 12.3 Å². The summed E-state index contributed by atoms with van der Waals surface area (Å²) < 4.78 is 0. The second kappa shape index (κ2) is 5.84. The minimum atomic E-state index is -0.972. The first-order valence-electron chi connectivity index (χ1n) is 5.81. The van der Waals surface area contributed by atoms with Crippen LogP contribution in [-0.2, 0) is 9.59 Å². The molecule has 0 bridgehead atoms. The molecule has 2 unspecified atom stereocenters. The standard InChI is InChI=1S/C11H20N2O3/c1-3-8(11(15)16)13-10(14)9-6-7(2)4-5-12-9/h7-9,12H,3-6H2,1-2H3,(H,13,14)(H,15,16)/t7?,8-,9?/m0/s1. The van der Waals surface area contributed by atoms with Gasteiger partial charge in [0.05, 0.1) is 6.04 Å². The Bertz CT molecular complexity index is 268. The number of aliphatic carboxylic acids is 1. The van der Waals surface area contributed by atoms with Gasteiger partial charge in [0.2, 0.25) is 5.91 Å². The number of carbonyl (C=O) groups excluding carboxylic acids is 1. The van der Waals surface area contributed by atoms with Crippen molar-refractivity contribution in [2.45, 2.75) is 45.2 Å². The van der Waals surface area contributed by atoms with Crippen molar-refractivity contribution < 1.29 is 14.7 Å². The van der Waals surface area contributed by atoms with E-state index in [1.807, 2.05) is 0 Å².